The minimum absolute atomic E-state index is 0.109. The highest BCUT2D eigenvalue weighted by atomic mass is 32.2. The number of aliphatic hydroxyl groups excluding tert-OH is 1. The molecule has 0 spiro atoms. The maximum Gasteiger partial charge on any atom is 0.508 e. The standard InChI is InChI=1S/C24H38N6O9S/c1-16(20(31)28-18-9-6-11-30(22(18)33)23(25)26)27-21(32)19(15-39-24(34)38-13-12-37-2)29-40(35,36)14-10-17-7-4-3-5-8-17/h3-5,7-8,16,18-19,22,29,33H,6,9-15H2,1-2H3,(H3,25,26)(H,27,32)(H,28,31)/t16-,18-,19+,22?/m0/s1. The molecule has 2 rings (SSSR count). The molecule has 0 radical (unpaired) electrons. The molecule has 0 saturated carbocycles. The summed E-state index contributed by atoms with van der Waals surface area (Å²) in [5, 5.41) is 23.0. The van der Waals surface area contributed by atoms with Crippen molar-refractivity contribution in [3.8, 4) is 0 Å². The lowest BCUT2D eigenvalue weighted by atomic mass is 10.0. The zero-order valence-electron chi connectivity index (χ0n) is 22.5. The average Bonchev–Trinajstić information content (AvgIpc) is 2.91. The number of ether oxygens (including phenoxy) is 3. The van der Waals surface area contributed by atoms with Crippen LogP contribution in [-0.4, -0.2) is 106 Å². The van der Waals surface area contributed by atoms with E-state index in [4.69, 9.17) is 25.4 Å². The molecule has 2 amide bonds. The third kappa shape index (κ3) is 11.0. The first kappa shape index (κ1) is 32.7. The van der Waals surface area contributed by atoms with Crippen molar-refractivity contribution < 1.29 is 42.1 Å². The van der Waals surface area contributed by atoms with Crippen LogP contribution in [0.3, 0.4) is 0 Å². The number of hydrogen-bond acceptors (Lipinski definition) is 10. The third-order valence-corrected chi connectivity index (χ3v) is 7.38. The van der Waals surface area contributed by atoms with Crippen molar-refractivity contribution in [3.63, 3.8) is 0 Å². The lowest BCUT2D eigenvalue weighted by Gasteiger charge is -2.38. The van der Waals surface area contributed by atoms with Crippen LogP contribution < -0.4 is 21.1 Å². The molecular weight excluding hydrogens is 548 g/mol. The van der Waals surface area contributed by atoms with Gasteiger partial charge in [-0.3, -0.25) is 15.0 Å². The van der Waals surface area contributed by atoms with Crippen molar-refractivity contribution in [1.82, 2.24) is 20.3 Å². The molecule has 1 aliphatic heterocycles. The van der Waals surface area contributed by atoms with Crippen LogP contribution in [0.15, 0.2) is 30.3 Å². The summed E-state index contributed by atoms with van der Waals surface area (Å²) in [6.45, 7) is 1.02. The van der Waals surface area contributed by atoms with Gasteiger partial charge in [0.2, 0.25) is 21.8 Å². The number of methoxy groups -OCH3 is 1. The van der Waals surface area contributed by atoms with Crippen molar-refractivity contribution in [1.29, 1.82) is 5.41 Å². The zero-order valence-corrected chi connectivity index (χ0v) is 23.3. The average molecular weight is 587 g/mol. The molecule has 40 heavy (non-hydrogen) atoms. The number of likely N-dealkylation sites (tertiary alicyclic amines) is 1. The Kier molecular flexibility index (Phi) is 13.1. The predicted octanol–water partition coefficient (Wildman–Crippen LogP) is -1.39. The minimum Gasteiger partial charge on any atom is -0.432 e. The normalized spacial score (nSPS) is 18.7. The summed E-state index contributed by atoms with van der Waals surface area (Å²) in [5.74, 6) is -2.27. The van der Waals surface area contributed by atoms with Gasteiger partial charge in [-0.25, -0.2) is 13.2 Å². The summed E-state index contributed by atoms with van der Waals surface area (Å²) in [6, 6.07) is 5.39. The Bertz CT molecular complexity index is 1110. The Balaban J connectivity index is 2.03. The van der Waals surface area contributed by atoms with Gasteiger partial charge in [0.15, 0.2) is 5.96 Å². The second-order valence-corrected chi connectivity index (χ2v) is 11.0. The minimum atomic E-state index is -4.03. The number of piperidine rings is 1. The molecule has 224 valence electrons. The monoisotopic (exact) mass is 586 g/mol. The number of amides is 2. The van der Waals surface area contributed by atoms with E-state index >= 15 is 0 Å². The fourth-order valence-electron chi connectivity index (χ4n) is 3.81. The van der Waals surface area contributed by atoms with E-state index in [1.165, 1.54) is 18.9 Å². The van der Waals surface area contributed by atoms with Crippen LogP contribution in [0.2, 0.25) is 0 Å². The molecule has 15 nitrogen and oxygen atoms in total. The number of rotatable bonds is 14. The number of benzene rings is 1. The van der Waals surface area contributed by atoms with E-state index < -0.39 is 59.0 Å². The number of nitrogens with one attached hydrogen (secondary N) is 4. The quantitative estimate of drug-likeness (QED) is 0.0644. The Morgan fingerprint density at radius 1 is 1.18 bits per heavy atom. The van der Waals surface area contributed by atoms with E-state index in [-0.39, 0.29) is 31.3 Å². The second-order valence-electron chi connectivity index (χ2n) is 9.11. The Hall–Kier alpha value is -3.47. The number of carbonyl (C=O) groups is 3. The van der Waals surface area contributed by atoms with Crippen molar-refractivity contribution in [2.45, 2.75) is 50.5 Å². The highest BCUT2D eigenvalue weighted by Gasteiger charge is 2.34. The SMILES string of the molecule is COCCOC(=O)OC[C@@H](NS(=O)(=O)CCc1ccccc1)C(=O)N[C@@H](C)C(=O)N[C@H]1CCCN(C(=N)N)C1O. The molecule has 1 aromatic carbocycles. The molecular formula is C24H38N6O9S. The highest BCUT2D eigenvalue weighted by Crippen LogP contribution is 2.15. The van der Waals surface area contributed by atoms with Gasteiger partial charge in [0.25, 0.3) is 0 Å². The third-order valence-electron chi connectivity index (χ3n) is 6.00. The Labute approximate surface area is 233 Å². The van der Waals surface area contributed by atoms with E-state index in [2.05, 4.69) is 15.4 Å². The Morgan fingerprint density at radius 3 is 2.52 bits per heavy atom. The van der Waals surface area contributed by atoms with Crippen molar-refractivity contribution in [2.75, 3.05) is 39.2 Å². The van der Waals surface area contributed by atoms with Gasteiger partial charge in [-0.1, -0.05) is 30.3 Å². The molecule has 1 heterocycles. The number of nitrogens with two attached hydrogens (primary N) is 1. The molecule has 1 saturated heterocycles. The molecule has 0 bridgehead atoms. The van der Waals surface area contributed by atoms with Crippen LogP contribution >= 0.6 is 0 Å². The zero-order chi connectivity index (χ0) is 29.7. The van der Waals surface area contributed by atoms with Crippen molar-refractivity contribution in [2.24, 2.45) is 5.73 Å². The first-order valence-corrected chi connectivity index (χ1v) is 14.3. The van der Waals surface area contributed by atoms with Crippen LogP contribution in [0.1, 0.15) is 25.3 Å². The first-order chi connectivity index (χ1) is 18.9. The molecule has 16 heteroatoms. The van der Waals surface area contributed by atoms with E-state index in [1.807, 2.05) is 0 Å². The van der Waals surface area contributed by atoms with Crippen LogP contribution in [0.5, 0.6) is 0 Å². The maximum atomic E-state index is 13.0. The summed E-state index contributed by atoms with van der Waals surface area (Å²) in [4.78, 5) is 38.9. The number of carbonyl (C=O) groups excluding carboxylic acids is 3. The van der Waals surface area contributed by atoms with E-state index in [0.29, 0.717) is 19.4 Å². The summed E-state index contributed by atoms with van der Waals surface area (Å²) >= 11 is 0. The molecule has 1 fully saturated rings. The fourth-order valence-corrected chi connectivity index (χ4v) is 5.05. The van der Waals surface area contributed by atoms with Crippen LogP contribution in [-0.2, 0) is 40.2 Å². The molecule has 0 aliphatic carbocycles. The lowest BCUT2D eigenvalue weighted by Crippen LogP contribution is -2.61. The number of aliphatic hydroxyl groups is 1. The number of hydrogen-bond donors (Lipinski definition) is 6. The molecule has 0 aromatic heterocycles. The maximum absolute atomic E-state index is 13.0. The van der Waals surface area contributed by atoms with Gasteiger partial charge < -0.3 is 40.6 Å². The van der Waals surface area contributed by atoms with Crippen molar-refractivity contribution >= 4 is 34.0 Å². The van der Waals surface area contributed by atoms with Gasteiger partial charge in [-0.05, 0) is 31.7 Å². The van der Waals surface area contributed by atoms with E-state index in [9.17, 15) is 27.9 Å². The molecule has 1 unspecified atom stereocenters. The van der Waals surface area contributed by atoms with Gasteiger partial charge in [-0.2, -0.15) is 4.72 Å². The second kappa shape index (κ2) is 16.0. The molecule has 7 N–H and O–H groups in total. The molecule has 1 aromatic rings. The highest BCUT2D eigenvalue weighted by molar-refractivity contribution is 7.89. The van der Waals surface area contributed by atoms with Crippen LogP contribution in [0.25, 0.3) is 0 Å². The van der Waals surface area contributed by atoms with E-state index in [0.717, 1.165) is 5.56 Å². The lowest BCUT2D eigenvalue weighted by molar-refractivity contribution is -0.131. The van der Waals surface area contributed by atoms with Crippen LogP contribution in [0.4, 0.5) is 4.79 Å². The van der Waals surface area contributed by atoms with Gasteiger partial charge in [-0.15, -0.1) is 0 Å². The molecule has 1 aliphatic rings. The summed E-state index contributed by atoms with van der Waals surface area (Å²) in [6.07, 6.45) is -1.21. The largest absolute Gasteiger partial charge is 0.508 e. The van der Waals surface area contributed by atoms with Gasteiger partial charge in [0, 0.05) is 13.7 Å². The topological polar surface area (TPSA) is 222 Å². The smallest absolute Gasteiger partial charge is 0.432 e. The van der Waals surface area contributed by atoms with Gasteiger partial charge in [0.1, 0.15) is 31.5 Å². The van der Waals surface area contributed by atoms with Gasteiger partial charge in [0.05, 0.1) is 18.4 Å². The fraction of sp³-hybridized carbons (Fsp3) is 0.583. The first-order valence-electron chi connectivity index (χ1n) is 12.7. The predicted molar refractivity (Wildman–Crippen MR) is 143 cm³/mol. The molecule has 4 atom stereocenters. The Morgan fingerprint density at radius 2 is 1.88 bits per heavy atom. The summed E-state index contributed by atoms with van der Waals surface area (Å²) in [5.41, 5.74) is 6.24. The number of guanidine groups is 1. The van der Waals surface area contributed by atoms with Crippen LogP contribution in [0, 0.1) is 5.41 Å². The number of sulfonamides is 1. The van der Waals surface area contributed by atoms with Gasteiger partial charge >= 0.3 is 6.16 Å². The number of aryl methyl sites for hydroxylation is 1. The van der Waals surface area contributed by atoms with Crippen molar-refractivity contribution in [3.05, 3.63) is 35.9 Å². The summed E-state index contributed by atoms with van der Waals surface area (Å²) < 4.78 is 42.2. The summed E-state index contributed by atoms with van der Waals surface area (Å²) in [7, 11) is -2.62. The van der Waals surface area contributed by atoms with E-state index in [1.54, 1.807) is 30.3 Å². The number of nitrogens with zero attached hydrogens (tertiary/aromatic N) is 1.